The third-order valence-corrected chi connectivity index (χ3v) is 2.93. The molecule has 0 fully saturated rings. The van der Waals surface area contributed by atoms with Crippen LogP contribution in [0.2, 0.25) is 0 Å². The lowest BCUT2D eigenvalue weighted by Crippen LogP contribution is -2.29. The van der Waals surface area contributed by atoms with Crippen LogP contribution >= 0.6 is 11.3 Å². The lowest BCUT2D eigenvalue weighted by atomic mass is 10.3. The van der Waals surface area contributed by atoms with Crippen LogP contribution in [0.3, 0.4) is 0 Å². The van der Waals surface area contributed by atoms with Crippen LogP contribution in [-0.2, 0) is 13.1 Å². The van der Waals surface area contributed by atoms with Crippen molar-refractivity contribution in [1.82, 2.24) is 19.9 Å². The highest BCUT2D eigenvalue weighted by Gasteiger charge is 2.02. The first-order chi connectivity index (χ1) is 7.34. The molecule has 0 amide bonds. The number of nitrogens with one attached hydrogen (secondary N) is 1. The molecule has 0 aromatic carbocycles. The molecule has 0 spiro atoms. The first kappa shape index (κ1) is 10.3. The number of hydrogen-bond acceptors (Lipinski definition) is 4. The quantitative estimate of drug-likeness (QED) is 0.834. The van der Waals surface area contributed by atoms with Crippen molar-refractivity contribution in [1.29, 1.82) is 0 Å². The van der Waals surface area contributed by atoms with Gasteiger partial charge in [0.25, 0.3) is 0 Å². The van der Waals surface area contributed by atoms with Crippen LogP contribution in [0.15, 0.2) is 30.4 Å². The monoisotopic (exact) mass is 222 g/mol. The molecule has 0 saturated heterocycles. The Bertz CT molecular complexity index is 368. The third kappa shape index (κ3) is 3.14. The second-order valence-corrected chi connectivity index (χ2v) is 4.48. The van der Waals surface area contributed by atoms with E-state index in [4.69, 9.17) is 0 Å². The Balaban J connectivity index is 1.76. The largest absolute Gasteiger partial charge is 0.336 e. The van der Waals surface area contributed by atoms with Crippen LogP contribution < -0.4 is 5.32 Å². The molecule has 2 aromatic heterocycles. The minimum Gasteiger partial charge on any atom is -0.336 e. The molecule has 2 heterocycles. The highest BCUT2D eigenvalue weighted by Crippen LogP contribution is 2.05. The van der Waals surface area contributed by atoms with Crippen LogP contribution in [0.4, 0.5) is 0 Å². The van der Waals surface area contributed by atoms with Crippen molar-refractivity contribution >= 4 is 11.3 Å². The summed E-state index contributed by atoms with van der Waals surface area (Å²) in [6, 6.07) is 0.432. The van der Waals surface area contributed by atoms with Crippen molar-refractivity contribution in [3.05, 3.63) is 35.3 Å². The molecule has 0 aliphatic heterocycles. The van der Waals surface area contributed by atoms with Crippen LogP contribution in [0.1, 0.15) is 11.8 Å². The lowest BCUT2D eigenvalue weighted by molar-refractivity contribution is 0.478. The summed E-state index contributed by atoms with van der Waals surface area (Å²) in [7, 11) is 0. The second-order valence-electron chi connectivity index (χ2n) is 3.51. The van der Waals surface area contributed by atoms with E-state index in [0.717, 1.165) is 13.1 Å². The molecule has 0 aliphatic rings. The van der Waals surface area contributed by atoms with Gasteiger partial charge in [0.05, 0.1) is 11.8 Å². The molecule has 1 N–H and O–H groups in total. The summed E-state index contributed by atoms with van der Waals surface area (Å²) < 4.78 is 2.07. The molecule has 80 valence electrons. The fourth-order valence-electron chi connectivity index (χ4n) is 1.38. The number of thiazole rings is 1. The third-order valence-electron chi connectivity index (χ3n) is 2.15. The average Bonchev–Trinajstić information content (AvgIpc) is 2.86. The molecule has 5 heteroatoms. The zero-order valence-electron chi connectivity index (χ0n) is 8.63. The first-order valence-corrected chi connectivity index (χ1v) is 5.79. The minimum absolute atomic E-state index is 0.432. The zero-order valence-corrected chi connectivity index (χ0v) is 9.44. The van der Waals surface area contributed by atoms with Gasteiger partial charge in [-0.05, 0) is 6.92 Å². The first-order valence-electron chi connectivity index (χ1n) is 4.91. The molecule has 2 aromatic rings. The smallest absolute Gasteiger partial charge is 0.0946 e. The number of nitrogens with zero attached hydrogens (tertiary/aromatic N) is 3. The van der Waals surface area contributed by atoms with E-state index in [0.29, 0.717) is 6.04 Å². The van der Waals surface area contributed by atoms with Gasteiger partial charge in [0.1, 0.15) is 0 Å². The molecule has 2 rings (SSSR count). The predicted molar refractivity (Wildman–Crippen MR) is 60.6 cm³/mol. The summed E-state index contributed by atoms with van der Waals surface area (Å²) in [5.41, 5.74) is 1.86. The maximum Gasteiger partial charge on any atom is 0.0946 e. The molecule has 1 atom stereocenters. The maximum absolute atomic E-state index is 4.04. The Kier molecular flexibility index (Phi) is 3.47. The van der Waals surface area contributed by atoms with E-state index in [1.54, 1.807) is 17.5 Å². The molecule has 0 aliphatic carbocycles. The summed E-state index contributed by atoms with van der Waals surface area (Å²) in [4.78, 5) is 9.32. The maximum atomic E-state index is 4.04. The van der Waals surface area contributed by atoms with Crippen LogP contribution in [-0.4, -0.2) is 20.6 Å². The minimum atomic E-state index is 0.432. The van der Waals surface area contributed by atoms with E-state index in [1.807, 2.05) is 24.2 Å². The standard InChI is InChI=1S/C10H14N4S/c1-9(6-14-3-2-11-7-14)13-5-10-4-12-8-15-10/h2-4,7-9,13H,5-6H2,1H3. The Hall–Kier alpha value is -1.20. The SMILES string of the molecule is CC(Cn1ccnc1)NCc1cncs1. The molecular weight excluding hydrogens is 208 g/mol. The molecule has 4 nitrogen and oxygen atoms in total. The van der Waals surface area contributed by atoms with E-state index in [9.17, 15) is 0 Å². The van der Waals surface area contributed by atoms with E-state index >= 15 is 0 Å². The van der Waals surface area contributed by atoms with Gasteiger partial charge in [0, 0.05) is 42.6 Å². The van der Waals surface area contributed by atoms with Gasteiger partial charge < -0.3 is 9.88 Å². The van der Waals surface area contributed by atoms with Gasteiger partial charge in [-0.2, -0.15) is 0 Å². The predicted octanol–water partition coefficient (Wildman–Crippen LogP) is 1.52. The Morgan fingerprint density at radius 2 is 2.47 bits per heavy atom. The van der Waals surface area contributed by atoms with Crippen molar-refractivity contribution < 1.29 is 0 Å². The fraction of sp³-hybridized carbons (Fsp3) is 0.400. The van der Waals surface area contributed by atoms with E-state index < -0.39 is 0 Å². The van der Waals surface area contributed by atoms with Gasteiger partial charge in [-0.3, -0.25) is 4.98 Å². The lowest BCUT2D eigenvalue weighted by Gasteiger charge is -2.13. The van der Waals surface area contributed by atoms with Crippen LogP contribution in [0.5, 0.6) is 0 Å². The van der Waals surface area contributed by atoms with Crippen molar-refractivity contribution in [2.45, 2.75) is 26.1 Å². The molecule has 0 radical (unpaired) electrons. The van der Waals surface area contributed by atoms with Crippen LogP contribution in [0, 0.1) is 0 Å². The summed E-state index contributed by atoms with van der Waals surface area (Å²) in [6.07, 6.45) is 7.52. The molecule has 15 heavy (non-hydrogen) atoms. The Labute approximate surface area is 93.0 Å². The summed E-state index contributed by atoms with van der Waals surface area (Å²) in [5, 5.41) is 3.45. The second kappa shape index (κ2) is 5.04. The van der Waals surface area contributed by atoms with Gasteiger partial charge in [0.15, 0.2) is 0 Å². The molecular formula is C10H14N4S. The van der Waals surface area contributed by atoms with Crippen molar-refractivity contribution in [2.75, 3.05) is 0 Å². The molecule has 0 bridgehead atoms. The average molecular weight is 222 g/mol. The Morgan fingerprint density at radius 1 is 1.53 bits per heavy atom. The van der Waals surface area contributed by atoms with Crippen molar-refractivity contribution in [2.24, 2.45) is 0 Å². The molecule has 1 unspecified atom stereocenters. The zero-order chi connectivity index (χ0) is 10.5. The number of imidazole rings is 1. The number of rotatable bonds is 5. The highest BCUT2D eigenvalue weighted by atomic mass is 32.1. The van der Waals surface area contributed by atoms with E-state index in [1.165, 1.54) is 4.88 Å². The summed E-state index contributed by atoms with van der Waals surface area (Å²) in [6.45, 7) is 4.00. The topological polar surface area (TPSA) is 42.7 Å². The van der Waals surface area contributed by atoms with E-state index in [-0.39, 0.29) is 0 Å². The highest BCUT2D eigenvalue weighted by molar-refractivity contribution is 7.09. The van der Waals surface area contributed by atoms with Gasteiger partial charge in [-0.15, -0.1) is 11.3 Å². The van der Waals surface area contributed by atoms with Crippen molar-refractivity contribution in [3.63, 3.8) is 0 Å². The van der Waals surface area contributed by atoms with Gasteiger partial charge in [-0.25, -0.2) is 4.98 Å². The van der Waals surface area contributed by atoms with Gasteiger partial charge in [-0.1, -0.05) is 0 Å². The number of aromatic nitrogens is 3. The van der Waals surface area contributed by atoms with Crippen molar-refractivity contribution in [3.8, 4) is 0 Å². The van der Waals surface area contributed by atoms with Gasteiger partial charge in [0.2, 0.25) is 0 Å². The number of hydrogen-bond donors (Lipinski definition) is 1. The summed E-state index contributed by atoms with van der Waals surface area (Å²) in [5.74, 6) is 0. The Morgan fingerprint density at radius 3 is 3.13 bits per heavy atom. The van der Waals surface area contributed by atoms with Gasteiger partial charge >= 0.3 is 0 Å². The summed E-state index contributed by atoms with van der Waals surface area (Å²) >= 11 is 1.68. The van der Waals surface area contributed by atoms with Crippen LogP contribution in [0.25, 0.3) is 0 Å². The normalized spacial score (nSPS) is 12.9. The van der Waals surface area contributed by atoms with E-state index in [2.05, 4.69) is 26.8 Å². The molecule has 0 saturated carbocycles. The fourth-order valence-corrected chi connectivity index (χ4v) is 1.93.